The number of methoxy groups -OCH3 is 1. The third-order valence-electron chi connectivity index (χ3n) is 4.12. The van der Waals surface area contributed by atoms with E-state index in [0.29, 0.717) is 10.8 Å². The molecule has 118 valence electrons. The van der Waals surface area contributed by atoms with E-state index < -0.39 is 0 Å². The topological polar surface area (TPSA) is 21.3 Å². The molecule has 3 aromatic rings. The van der Waals surface area contributed by atoms with Gasteiger partial charge in [0, 0.05) is 12.6 Å². The van der Waals surface area contributed by atoms with E-state index in [1.165, 1.54) is 16.3 Å². The minimum atomic E-state index is 0.252. The number of hydrogen-bond donors (Lipinski definition) is 1. The molecule has 0 spiro atoms. The second-order valence-corrected chi connectivity index (χ2v) is 6.05. The fourth-order valence-electron chi connectivity index (χ4n) is 2.83. The highest BCUT2D eigenvalue weighted by Crippen LogP contribution is 2.26. The van der Waals surface area contributed by atoms with Crippen molar-refractivity contribution < 1.29 is 4.74 Å². The van der Waals surface area contributed by atoms with Gasteiger partial charge >= 0.3 is 0 Å². The van der Waals surface area contributed by atoms with Gasteiger partial charge in [0.2, 0.25) is 0 Å². The number of ether oxygens (including phenoxy) is 1. The van der Waals surface area contributed by atoms with E-state index >= 15 is 0 Å². The highest BCUT2D eigenvalue weighted by atomic mass is 35.5. The van der Waals surface area contributed by atoms with Crippen LogP contribution in [-0.2, 0) is 6.54 Å². The first-order valence-corrected chi connectivity index (χ1v) is 8.10. The molecular formula is C20H20ClNO. The summed E-state index contributed by atoms with van der Waals surface area (Å²) in [4.78, 5) is 0. The van der Waals surface area contributed by atoms with Gasteiger partial charge in [-0.05, 0) is 41.0 Å². The molecule has 0 saturated heterocycles. The first kappa shape index (κ1) is 15.9. The zero-order valence-corrected chi connectivity index (χ0v) is 14.1. The van der Waals surface area contributed by atoms with Crippen LogP contribution in [0.4, 0.5) is 0 Å². The summed E-state index contributed by atoms with van der Waals surface area (Å²) in [7, 11) is 1.63. The van der Waals surface area contributed by atoms with Gasteiger partial charge in [-0.1, -0.05) is 60.1 Å². The van der Waals surface area contributed by atoms with Crippen LogP contribution in [0, 0.1) is 0 Å². The van der Waals surface area contributed by atoms with Crippen molar-refractivity contribution in [3.05, 3.63) is 76.8 Å². The predicted octanol–water partition coefficient (Wildman–Crippen LogP) is 5.35. The molecule has 0 radical (unpaired) electrons. The third-order valence-corrected chi connectivity index (χ3v) is 4.41. The van der Waals surface area contributed by atoms with Gasteiger partial charge < -0.3 is 10.1 Å². The van der Waals surface area contributed by atoms with E-state index in [2.05, 4.69) is 54.7 Å². The Morgan fingerprint density at radius 2 is 1.83 bits per heavy atom. The quantitative estimate of drug-likeness (QED) is 0.682. The summed E-state index contributed by atoms with van der Waals surface area (Å²) in [6.07, 6.45) is 0. The van der Waals surface area contributed by atoms with Crippen LogP contribution in [-0.4, -0.2) is 7.11 Å². The molecule has 0 bridgehead atoms. The molecule has 2 nitrogen and oxygen atoms in total. The molecule has 1 unspecified atom stereocenters. The minimum Gasteiger partial charge on any atom is -0.495 e. The van der Waals surface area contributed by atoms with Crippen LogP contribution in [0.3, 0.4) is 0 Å². The third kappa shape index (κ3) is 3.49. The van der Waals surface area contributed by atoms with Crippen LogP contribution in [0.2, 0.25) is 5.02 Å². The number of hydrogen-bond acceptors (Lipinski definition) is 2. The summed E-state index contributed by atoms with van der Waals surface area (Å²) in [5, 5.41) is 6.78. The van der Waals surface area contributed by atoms with Crippen LogP contribution in [0.1, 0.15) is 24.1 Å². The lowest BCUT2D eigenvalue weighted by Gasteiger charge is -2.17. The van der Waals surface area contributed by atoms with Gasteiger partial charge in [-0.3, -0.25) is 0 Å². The average molecular weight is 326 g/mol. The number of benzene rings is 3. The van der Waals surface area contributed by atoms with Crippen molar-refractivity contribution >= 4 is 22.4 Å². The molecule has 0 aliphatic heterocycles. The second kappa shape index (κ2) is 7.03. The van der Waals surface area contributed by atoms with Crippen LogP contribution < -0.4 is 10.1 Å². The Balaban J connectivity index is 1.76. The van der Waals surface area contributed by atoms with Crippen molar-refractivity contribution in [2.45, 2.75) is 19.5 Å². The Kier molecular flexibility index (Phi) is 4.85. The van der Waals surface area contributed by atoms with Gasteiger partial charge in [-0.2, -0.15) is 0 Å². The van der Waals surface area contributed by atoms with Gasteiger partial charge in [0.05, 0.1) is 12.1 Å². The monoisotopic (exact) mass is 325 g/mol. The Hall–Kier alpha value is -2.03. The van der Waals surface area contributed by atoms with E-state index in [1.807, 2.05) is 18.2 Å². The summed E-state index contributed by atoms with van der Waals surface area (Å²) in [6.45, 7) is 2.95. The molecule has 0 amide bonds. The van der Waals surface area contributed by atoms with Crippen molar-refractivity contribution in [2.24, 2.45) is 0 Å². The Labute approximate surface area is 142 Å². The average Bonchev–Trinajstić information content (AvgIpc) is 2.59. The predicted molar refractivity (Wildman–Crippen MR) is 97.2 cm³/mol. The molecule has 0 saturated carbocycles. The molecular weight excluding hydrogens is 306 g/mol. The number of fused-ring (bicyclic) bond motifs is 1. The van der Waals surface area contributed by atoms with Gasteiger partial charge in [-0.25, -0.2) is 0 Å². The first-order valence-electron chi connectivity index (χ1n) is 7.72. The molecule has 3 aromatic carbocycles. The lowest BCUT2D eigenvalue weighted by atomic mass is 9.99. The van der Waals surface area contributed by atoms with Crippen LogP contribution in [0.5, 0.6) is 5.75 Å². The molecule has 23 heavy (non-hydrogen) atoms. The molecule has 0 aliphatic rings. The molecule has 1 atom stereocenters. The first-order chi connectivity index (χ1) is 11.2. The summed E-state index contributed by atoms with van der Waals surface area (Å²) >= 11 is 6.19. The van der Waals surface area contributed by atoms with E-state index in [4.69, 9.17) is 16.3 Å². The van der Waals surface area contributed by atoms with E-state index in [1.54, 1.807) is 7.11 Å². The molecule has 0 heterocycles. The summed E-state index contributed by atoms with van der Waals surface area (Å²) in [5.74, 6) is 0.706. The maximum Gasteiger partial charge on any atom is 0.137 e. The van der Waals surface area contributed by atoms with Crippen LogP contribution in [0.25, 0.3) is 10.8 Å². The molecule has 3 rings (SSSR count). The fourth-order valence-corrected chi connectivity index (χ4v) is 3.11. The minimum absolute atomic E-state index is 0.252. The smallest absolute Gasteiger partial charge is 0.137 e. The normalized spacial score (nSPS) is 12.3. The summed E-state index contributed by atoms with van der Waals surface area (Å²) in [6, 6.07) is 21.1. The lowest BCUT2D eigenvalue weighted by Crippen LogP contribution is -2.18. The number of rotatable bonds is 5. The van der Waals surface area contributed by atoms with Gasteiger partial charge in [0.1, 0.15) is 5.75 Å². The van der Waals surface area contributed by atoms with Crippen molar-refractivity contribution in [2.75, 3.05) is 7.11 Å². The Bertz CT molecular complexity index is 810. The Morgan fingerprint density at radius 3 is 2.61 bits per heavy atom. The van der Waals surface area contributed by atoms with E-state index in [-0.39, 0.29) is 6.04 Å². The molecule has 0 fully saturated rings. The number of nitrogens with one attached hydrogen (secondary N) is 1. The van der Waals surface area contributed by atoms with E-state index in [0.717, 1.165) is 12.1 Å². The van der Waals surface area contributed by atoms with Gasteiger partial charge in [0.15, 0.2) is 0 Å². The molecule has 1 N–H and O–H groups in total. The SMILES string of the molecule is COc1ccc(CNC(C)c2cccc3ccccc23)cc1Cl. The van der Waals surface area contributed by atoms with Crippen LogP contribution in [0.15, 0.2) is 60.7 Å². The zero-order chi connectivity index (χ0) is 16.2. The molecule has 3 heteroatoms. The van der Waals surface area contributed by atoms with Gasteiger partial charge in [-0.15, -0.1) is 0 Å². The number of halogens is 1. The summed E-state index contributed by atoms with van der Waals surface area (Å²) < 4.78 is 5.19. The maximum absolute atomic E-state index is 6.19. The highest BCUT2D eigenvalue weighted by molar-refractivity contribution is 6.32. The van der Waals surface area contributed by atoms with Crippen LogP contribution >= 0.6 is 11.6 Å². The molecule has 0 aromatic heterocycles. The largest absolute Gasteiger partial charge is 0.495 e. The Morgan fingerprint density at radius 1 is 1.04 bits per heavy atom. The van der Waals surface area contributed by atoms with Crippen molar-refractivity contribution in [3.8, 4) is 5.75 Å². The second-order valence-electron chi connectivity index (χ2n) is 5.64. The van der Waals surface area contributed by atoms with Crippen molar-refractivity contribution in [3.63, 3.8) is 0 Å². The molecule has 0 aliphatic carbocycles. The maximum atomic E-state index is 6.19. The fraction of sp³-hybridized carbons (Fsp3) is 0.200. The standard InChI is InChI=1S/C20H20ClNO/c1-14(17-9-5-7-16-6-3-4-8-18(16)17)22-13-15-10-11-20(23-2)19(21)12-15/h3-12,14,22H,13H2,1-2H3. The van der Waals surface area contributed by atoms with Crippen molar-refractivity contribution in [1.82, 2.24) is 5.32 Å². The lowest BCUT2D eigenvalue weighted by molar-refractivity contribution is 0.414. The highest BCUT2D eigenvalue weighted by Gasteiger charge is 2.09. The zero-order valence-electron chi connectivity index (χ0n) is 13.3. The van der Waals surface area contributed by atoms with E-state index in [9.17, 15) is 0 Å². The summed E-state index contributed by atoms with van der Waals surface area (Å²) in [5.41, 5.74) is 2.45. The van der Waals surface area contributed by atoms with Crippen molar-refractivity contribution in [1.29, 1.82) is 0 Å². The van der Waals surface area contributed by atoms with Gasteiger partial charge in [0.25, 0.3) is 0 Å².